The molecule has 1 aliphatic rings. The van der Waals surface area contributed by atoms with E-state index in [4.69, 9.17) is 0 Å². The number of benzene rings is 1. The number of hydrogen-bond acceptors (Lipinski definition) is 3. The number of hydrogen-bond donors (Lipinski definition) is 2. The molecule has 1 saturated heterocycles. The summed E-state index contributed by atoms with van der Waals surface area (Å²) in [6.07, 6.45) is 0. The number of urea groups is 1. The summed E-state index contributed by atoms with van der Waals surface area (Å²) in [6, 6.07) is 9.25. The van der Waals surface area contributed by atoms with Gasteiger partial charge in [0, 0.05) is 11.5 Å². The SMILES string of the molecule is O=C1NC(=O)[C@@H](CSCc2ccccc2)N1. The highest BCUT2D eigenvalue weighted by Crippen LogP contribution is 2.13. The van der Waals surface area contributed by atoms with E-state index in [2.05, 4.69) is 10.6 Å². The minimum absolute atomic E-state index is 0.231. The van der Waals surface area contributed by atoms with Gasteiger partial charge in [0.2, 0.25) is 0 Å². The molecule has 0 radical (unpaired) electrons. The zero-order chi connectivity index (χ0) is 11.4. The van der Waals surface area contributed by atoms with Crippen LogP contribution in [0.3, 0.4) is 0 Å². The van der Waals surface area contributed by atoms with E-state index >= 15 is 0 Å². The molecule has 3 amide bonds. The van der Waals surface area contributed by atoms with Gasteiger partial charge in [0.1, 0.15) is 6.04 Å². The van der Waals surface area contributed by atoms with Gasteiger partial charge >= 0.3 is 6.03 Å². The van der Waals surface area contributed by atoms with Gasteiger partial charge in [-0.15, -0.1) is 0 Å². The highest BCUT2D eigenvalue weighted by Gasteiger charge is 2.28. The predicted molar refractivity (Wildman–Crippen MR) is 63.1 cm³/mol. The molecule has 0 unspecified atom stereocenters. The van der Waals surface area contributed by atoms with Gasteiger partial charge in [-0.2, -0.15) is 11.8 Å². The van der Waals surface area contributed by atoms with Crippen molar-refractivity contribution >= 4 is 23.7 Å². The Morgan fingerprint density at radius 2 is 1.94 bits per heavy atom. The Morgan fingerprint density at radius 1 is 1.19 bits per heavy atom. The van der Waals surface area contributed by atoms with Crippen molar-refractivity contribution in [1.29, 1.82) is 0 Å². The van der Waals surface area contributed by atoms with Crippen LogP contribution in [0.25, 0.3) is 0 Å². The Hall–Kier alpha value is -1.49. The quantitative estimate of drug-likeness (QED) is 0.770. The lowest BCUT2D eigenvalue weighted by atomic mass is 10.2. The van der Waals surface area contributed by atoms with Crippen LogP contribution in [0.5, 0.6) is 0 Å². The van der Waals surface area contributed by atoms with Gasteiger partial charge in [0.15, 0.2) is 0 Å². The van der Waals surface area contributed by atoms with Gasteiger partial charge in [0.25, 0.3) is 5.91 Å². The summed E-state index contributed by atoms with van der Waals surface area (Å²) in [4.78, 5) is 22.1. The van der Waals surface area contributed by atoms with Crippen molar-refractivity contribution in [2.45, 2.75) is 11.8 Å². The van der Waals surface area contributed by atoms with Crippen molar-refractivity contribution in [1.82, 2.24) is 10.6 Å². The van der Waals surface area contributed by atoms with Crippen LogP contribution in [0.1, 0.15) is 5.56 Å². The smallest absolute Gasteiger partial charge is 0.322 e. The molecule has 84 valence electrons. The fourth-order valence-corrected chi connectivity index (χ4v) is 2.46. The summed E-state index contributed by atoms with van der Waals surface area (Å²) in [6.45, 7) is 0. The molecule has 2 N–H and O–H groups in total. The predicted octanol–water partition coefficient (Wildman–Crippen LogP) is 1.13. The van der Waals surface area contributed by atoms with Crippen LogP contribution < -0.4 is 10.6 Å². The molecule has 0 saturated carbocycles. The normalized spacial score (nSPS) is 19.4. The molecule has 1 aromatic carbocycles. The minimum atomic E-state index is -0.393. The molecular weight excluding hydrogens is 224 g/mol. The molecule has 4 nitrogen and oxygen atoms in total. The van der Waals surface area contributed by atoms with E-state index in [1.54, 1.807) is 11.8 Å². The van der Waals surface area contributed by atoms with Crippen LogP contribution in [-0.4, -0.2) is 23.7 Å². The third kappa shape index (κ3) is 2.76. The molecule has 1 heterocycles. The molecule has 1 fully saturated rings. The van der Waals surface area contributed by atoms with Crippen molar-refractivity contribution in [3.8, 4) is 0 Å². The molecule has 1 aromatic rings. The van der Waals surface area contributed by atoms with Crippen LogP contribution in [0.2, 0.25) is 0 Å². The first-order valence-corrected chi connectivity index (χ1v) is 6.14. The number of rotatable bonds is 4. The standard InChI is InChI=1S/C11H12N2O2S/c14-10-9(12-11(15)13-10)7-16-6-8-4-2-1-3-5-8/h1-5,9H,6-7H2,(H2,12,13,14,15)/t9-/m1/s1. The van der Waals surface area contributed by atoms with Gasteiger partial charge in [-0.1, -0.05) is 30.3 Å². The maximum absolute atomic E-state index is 11.2. The second kappa shape index (κ2) is 5.03. The van der Waals surface area contributed by atoms with Crippen LogP contribution in [0.4, 0.5) is 4.79 Å². The minimum Gasteiger partial charge on any atom is -0.325 e. The maximum atomic E-state index is 11.2. The monoisotopic (exact) mass is 236 g/mol. The topological polar surface area (TPSA) is 58.2 Å². The van der Waals surface area contributed by atoms with Crippen molar-refractivity contribution in [2.75, 3.05) is 5.75 Å². The molecule has 0 spiro atoms. The van der Waals surface area contributed by atoms with Gasteiger partial charge < -0.3 is 5.32 Å². The molecule has 0 aliphatic carbocycles. The first kappa shape index (κ1) is 11.0. The van der Waals surface area contributed by atoms with Gasteiger partial charge in [-0.3, -0.25) is 10.1 Å². The maximum Gasteiger partial charge on any atom is 0.322 e. The summed E-state index contributed by atoms with van der Waals surface area (Å²) in [5, 5.41) is 4.78. The first-order chi connectivity index (χ1) is 7.75. The number of carbonyl (C=O) groups is 2. The summed E-state index contributed by atoms with van der Waals surface area (Å²) in [5.74, 6) is 1.22. The van der Waals surface area contributed by atoms with E-state index < -0.39 is 6.03 Å². The molecule has 2 rings (SSSR count). The Morgan fingerprint density at radius 3 is 2.56 bits per heavy atom. The molecule has 5 heteroatoms. The van der Waals surface area contributed by atoms with Crippen molar-refractivity contribution in [2.24, 2.45) is 0 Å². The Bertz CT molecular complexity index is 394. The van der Waals surface area contributed by atoms with Crippen molar-refractivity contribution in [3.05, 3.63) is 35.9 Å². The van der Waals surface area contributed by atoms with Gasteiger partial charge in [-0.25, -0.2) is 4.79 Å². The van der Waals surface area contributed by atoms with E-state index in [9.17, 15) is 9.59 Å². The largest absolute Gasteiger partial charge is 0.325 e. The molecule has 1 atom stereocenters. The molecule has 16 heavy (non-hydrogen) atoms. The van der Waals surface area contributed by atoms with Gasteiger partial charge in [0.05, 0.1) is 0 Å². The average Bonchev–Trinajstić information content (AvgIpc) is 2.59. The lowest BCUT2D eigenvalue weighted by molar-refractivity contribution is -0.119. The Labute approximate surface area is 97.8 Å². The van der Waals surface area contributed by atoms with E-state index in [-0.39, 0.29) is 11.9 Å². The van der Waals surface area contributed by atoms with Crippen molar-refractivity contribution in [3.63, 3.8) is 0 Å². The second-order valence-electron chi connectivity index (χ2n) is 3.52. The van der Waals surface area contributed by atoms with E-state index in [1.807, 2.05) is 30.3 Å². The Kier molecular flexibility index (Phi) is 3.46. The average molecular weight is 236 g/mol. The van der Waals surface area contributed by atoms with Crippen LogP contribution >= 0.6 is 11.8 Å². The summed E-state index contributed by atoms with van der Waals surface area (Å²) in [7, 11) is 0. The zero-order valence-corrected chi connectivity index (χ0v) is 9.42. The number of amides is 3. The van der Waals surface area contributed by atoms with E-state index in [1.165, 1.54) is 5.56 Å². The second-order valence-corrected chi connectivity index (χ2v) is 4.55. The van der Waals surface area contributed by atoms with Crippen molar-refractivity contribution < 1.29 is 9.59 Å². The van der Waals surface area contributed by atoms with Crippen LogP contribution in [0, 0.1) is 0 Å². The Balaban J connectivity index is 1.76. The third-order valence-electron chi connectivity index (χ3n) is 2.25. The number of imide groups is 1. The molecular formula is C11H12N2O2S. The highest BCUT2D eigenvalue weighted by molar-refractivity contribution is 7.98. The number of nitrogens with one attached hydrogen (secondary N) is 2. The molecule has 0 bridgehead atoms. The van der Waals surface area contributed by atoms with Crippen LogP contribution in [-0.2, 0) is 10.5 Å². The summed E-state index contributed by atoms with van der Waals surface area (Å²) >= 11 is 1.63. The third-order valence-corrected chi connectivity index (χ3v) is 3.36. The summed E-state index contributed by atoms with van der Waals surface area (Å²) in [5.41, 5.74) is 1.22. The van der Waals surface area contributed by atoms with Crippen LogP contribution in [0.15, 0.2) is 30.3 Å². The van der Waals surface area contributed by atoms with E-state index in [0.29, 0.717) is 5.75 Å². The first-order valence-electron chi connectivity index (χ1n) is 4.99. The zero-order valence-electron chi connectivity index (χ0n) is 8.60. The van der Waals surface area contributed by atoms with E-state index in [0.717, 1.165) is 5.75 Å². The molecule has 0 aromatic heterocycles. The fraction of sp³-hybridized carbons (Fsp3) is 0.273. The lowest BCUT2D eigenvalue weighted by Crippen LogP contribution is -2.31. The van der Waals surface area contributed by atoms with Gasteiger partial charge in [-0.05, 0) is 5.56 Å². The molecule has 1 aliphatic heterocycles. The highest BCUT2D eigenvalue weighted by atomic mass is 32.2. The lowest BCUT2D eigenvalue weighted by Gasteiger charge is -2.06. The number of thioether (sulfide) groups is 1. The number of carbonyl (C=O) groups excluding carboxylic acids is 2. The summed E-state index contributed by atoms with van der Waals surface area (Å²) < 4.78 is 0. The fourth-order valence-electron chi connectivity index (χ4n) is 1.45.